The molecule has 1 aliphatic rings. The van der Waals surface area contributed by atoms with Crippen LogP contribution in [0.1, 0.15) is 6.23 Å². The number of benzene rings is 1. The van der Waals surface area contributed by atoms with Gasteiger partial charge < -0.3 is 14.9 Å². The lowest BCUT2D eigenvalue weighted by Gasteiger charge is -2.17. The molecule has 0 saturated carbocycles. The van der Waals surface area contributed by atoms with Crippen molar-refractivity contribution in [3.63, 3.8) is 0 Å². The van der Waals surface area contributed by atoms with E-state index < -0.39 is 31.2 Å². The molecule has 2 aromatic heterocycles. The second kappa shape index (κ2) is 6.37. The van der Waals surface area contributed by atoms with Crippen molar-refractivity contribution in [2.24, 2.45) is 0 Å². The van der Waals surface area contributed by atoms with Crippen LogP contribution in [0.5, 0.6) is 0 Å². The van der Waals surface area contributed by atoms with Gasteiger partial charge in [0, 0.05) is 10.4 Å². The van der Waals surface area contributed by atoms with Gasteiger partial charge in [0.25, 0.3) is 0 Å². The number of ether oxygens (including phenoxy) is 1. The van der Waals surface area contributed by atoms with Gasteiger partial charge in [-0.15, -0.1) is 11.8 Å². The van der Waals surface area contributed by atoms with E-state index in [2.05, 4.69) is 9.97 Å². The number of aromatic nitrogens is 3. The van der Waals surface area contributed by atoms with Crippen LogP contribution in [-0.2, 0) is 4.74 Å². The van der Waals surface area contributed by atoms with E-state index in [4.69, 9.17) is 16.3 Å². The maximum absolute atomic E-state index is 14.7. The normalized spacial score (nSPS) is 26.8. The van der Waals surface area contributed by atoms with Gasteiger partial charge >= 0.3 is 0 Å². The zero-order valence-corrected chi connectivity index (χ0v) is 14.7. The topological polar surface area (TPSA) is 80.4 Å². The number of hydrogen-bond donors (Lipinski definition) is 2. The molecule has 9 heteroatoms. The molecule has 0 bridgehead atoms. The van der Waals surface area contributed by atoms with Crippen molar-refractivity contribution >= 4 is 45.3 Å². The van der Waals surface area contributed by atoms with E-state index in [-0.39, 0.29) is 0 Å². The largest absolute Gasteiger partial charge is 0.394 e. The molecule has 6 nitrogen and oxygen atoms in total. The Bertz CT molecular complexity index is 953. The van der Waals surface area contributed by atoms with Gasteiger partial charge in [0.1, 0.15) is 29.2 Å². The lowest BCUT2D eigenvalue weighted by molar-refractivity contribution is -0.0442. The third-order valence-corrected chi connectivity index (χ3v) is 5.36. The molecule has 3 heterocycles. The van der Waals surface area contributed by atoms with Gasteiger partial charge in [0.2, 0.25) is 0 Å². The van der Waals surface area contributed by atoms with E-state index in [1.807, 2.05) is 6.26 Å². The van der Waals surface area contributed by atoms with Crippen LogP contribution in [0.25, 0.3) is 21.9 Å². The standard InChI is InChI=1S/C16H15ClFN3O3S/c1-25-15-11-8-4-7(17)2-3-9(8)21(14(11)19-6-20-15)16-12(18)13(23)10(5-22)24-16/h2-4,6,10,12-13,16,22-23H,5H2,1H3/t10-,12-,13-,16-/m1/s1. The Hall–Kier alpha value is -1.45. The van der Waals surface area contributed by atoms with Crippen molar-refractivity contribution in [1.82, 2.24) is 14.5 Å². The average Bonchev–Trinajstić information content (AvgIpc) is 3.09. The van der Waals surface area contributed by atoms with Crippen molar-refractivity contribution in [1.29, 1.82) is 0 Å². The first-order chi connectivity index (χ1) is 12.1. The molecular formula is C16H15ClFN3O3S. The molecule has 1 aliphatic heterocycles. The lowest BCUT2D eigenvalue weighted by atomic mass is 10.1. The Labute approximate surface area is 151 Å². The van der Waals surface area contributed by atoms with Gasteiger partial charge in [-0.1, -0.05) is 11.6 Å². The molecule has 0 unspecified atom stereocenters. The van der Waals surface area contributed by atoms with Crippen molar-refractivity contribution in [3.8, 4) is 0 Å². The van der Waals surface area contributed by atoms with Crippen LogP contribution in [0.3, 0.4) is 0 Å². The number of aliphatic hydroxyl groups is 2. The first-order valence-corrected chi connectivity index (χ1v) is 9.23. The van der Waals surface area contributed by atoms with Gasteiger partial charge in [-0.25, -0.2) is 14.4 Å². The van der Waals surface area contributed by atoms with E-state index in [1.165, 1.54) is 18.1 Å². The predicted molar refractivity (Wildman–Crippen MR) is 93.7 cm³/mol. The number of aliphatic hydroxyl groups excluding tert-OH is 2. The Morgan fingerprint density at radius 3 is 2.88 bits per heavy atom. The minimum atomic E-state index is -1.70. The average molecular weight is 384 g/mol. The zero-order chi connectivity index (χ0) is 17.7. The van der Waals surface area contributed by atoms with Gasteiger partial charge in [0.15, 0.2) is 12.4 Å². The monoisotopic (exact) mass is 383 g/mol. The zero-order valence-electron chi connectivity index (χ0n) is 13.1. The van der Waals surface area contributed by atoms with Gasteiger partial charge in [-0.05, 0) is 24.5 Å². The number of nitrogens with zero attached hydrogens (tertiary/aromatic N) is 3. The minimum absolute atomic E-state index is 0.466. The highest BCUT2D eigenvalue weighted by atomic mass is 35.5. The fraction of sp³-hybridized carbons (Fsp3) is 0.375. The second-order valence-electron chi connectivity index (χ2n) is 5.80. The molecular weight excluding hydrogens is 369 g/mol. The molecule has 0 spiro atoms. The Morgan fingerprint density at radius 2 is 2.20 bits per heavy atom. The highest BCUT2D eigenvalue weighted by Crippen LogP contribution is 2.41. The van der Waals surface area contributed by atoms with Crippen LogP contribution >= 0.6 is 23.4 Å². The molecule has 4 atom stereocenters. The van der Waals surface area contributed by atoms with E-state index in [9.17, 15) is 14.6 Å². The van der Waals surface area contributed by atoms with Crippen LogP contribution in [-0.4, -0.2) is 56.0 Å². The Balaban J connectivity index is 2.03. The van der Waals surface area contributed by atoms with Gasteiger partial charge in [0.05, 0.1) is 17.5 Å². The lowest BCUT2D eigenvalue weighted by Crippen LogP contribution is -2.30. The number of hydrogen-bond acceptors (Lipinski definition) is 6. The van der Waals surface area contributed by atoms with Crippen LogP contribution in [0, 0.1) is 0 Å². The van der Waals surface area contributed by atoms with Gasteiger partial charge in [-0.3, -0.25) is 4.57 Å². The highest BCUT2D eigenvalue weighted by molar-refractivity contribution is 7.98. The van der Waals surface area contributed by atoms with Crippen molar-refractivity contribution in [2.75, 3.05) is 12.9 Å². The van der Waals surface area contributed by atoms with E-state index in [0.717, 1.165) is 15.8 Å². The van der Waals surface area contributed by atoms with Crippen LogP contribution in [0.2, 0.25) is 5.02 Å². The third kappa shape index (κ3) is 2.51. The maximum Gasteiger partial charge on any atom is 0.173 e. The summed E-state index contributed by atoms with van der Waals surface area (Å²) in [6.07, 6.45) is -1.88. The van der Waals surface area contributed by atoms with Crippen molar-refractivity contribution in [3.05, 3.63) is 29.5 Å². The minimum Gasteiger partial charge on any atom is -0.394 e. The summed E-state index contributed by atoms with van der Waals surface area (Å²) in [5, 5.41) is 22.1. The number of halogens is 2. The molecule has 25 heavy (non-hydrogen) atoms. The molecule has 0 radical (unpaired) electrons. The van der Waals surface area contributed by atoms with Crippen LogP contribution < -0.4 is 0 Å². The first-order valence-electron chi connectivity index (χ1n) is 7.63. The van der Waals surface area contributed by atoms with Gasteiger partial charge in [-0.2, -0.15) is 0 Å². The molecule has 2 N–H and O–H groups in total. The SMILES string of the molecule is CSc1ncnc2c1c1cc(Cl)ccc1n2[C@@H]1O[C@H](CO)[C@@H](O)[C@H]1F. The smallest absolute Gasteiger partial charge is 0.173 e. The summed E-state index contributed by atoms with van der Waals surface area (Å²) in [6.45, 7) is -0.466. The maximum atomic E-state index is 14.7. The molecule has 0 aliphatic carbocycles. The molecule has 3 aromatic rings. The molecule has 1 fully saturated rings. The van der Waals surface area contributed by atoms with E-state index in [1.54, 1.807) is 22.8 Å². The number of rotatable bonds is 3. The van der Waals surface area contributed by atoms with Crippen molar-refractivity contribution < 1.29 is 19.3 Å². The number of thioether (sulfide) groups is 1. The summed E-state index contributed by atoms with van der Waals surface area (Å²) < 4.78 is 21.9. The summed E-state index contributed by atoms with van der Waals surface area (Å²) in [5.74, 6) is 0. The molecule has 4 rings (SSSR count). The van der Waals surface area contributed by atoms with Crippen LogP contribution in [0.15, 0.2) is 29.6 Å². The Kier molecular flexibility index (Phi) is 4.33. The highest BCUT2D eigenvalue weighted by Gasteiger charge is 2.46. The fourth-order valence-corrected chi connectivity index (χ4v) is 4.02. The van der Waals surface area contributed by atoms with Crippen molar-refractivity contribution in [2.45, 2.75) is 29.6 Å². The second-order valence-corrected chi connectivity index (χ2v) is 7.03. The first kappa shape index (κ1) is 17.0. The summed E-state index contributed by atoms with van der Waals surface area (Å²) in [4.78, 5) is 8.60. The van der Waals surface area contributed by atoms with E-state index in [0.29, 0.717) is 16.2 Å². The molecule has 1 aromatic carbocycles. The summed E-state index contributed by atoms with van der Waals surface area (Å²) in [6, 6.07) is 5.24. The Morgan fingerprint density at radius 1 is 1.40 bits per heavy atom. The third-order valence-electron chi connectivity index (χ3n) is 4.43. The summed E-state index contributed by atoms with van der Waals surface area (Å²) in [5.41, 5.74) is 1.17. The summed E-state index contributed by atoms with van der Waals surface area (Å²) >= 11 is 7.60. The predicted octanol–water partition coefficient (Wildman–Crippen LogP) is 2.55. The van der Waals surface area contributed by atoms with E-state index >= 15 is 0 Å². The fourth-order valence-electron chi connectivity index (χ4n) is 3.29. The summed E-state index contributed by atoms with van der Waals surface area (Å²) in [7, 11) is 0. The number of alkyl halides is 1. The molecule has 132 valence electrons. The molecule has 1 saturated heterocycles. The number of fused-ring (bicyclic) bond motifs is 3. The van der Waals surface area contributed by atoms with Crippen LogP contribution in [0.4, 0.5) is 4.39 Å². The quantitative estimate of drug-likeness (QED) is 0.534. The molecule has 0 amide bonds.